The molecule has 0 aromatic heterocycles. The number of para-hydroxylation sites is 1. The van der Waals surface area contributed by atoms with Gasteiger partial charge in [0.1, 0.15) is 24.0 Å². The van der Waals surface area contributed by atoms with Gasteiger partial charge in [0, 0.05) is 12.3 Å². The highest BCUT2D eigenvalue weighted by Crippen LogP contribution is 2.44. The van der Waals surface area contributed by atoms with Crippen LogP contribution in [0.3, 0.4) is 0 Å². The molecule has 176 valence electrons. The first-order valence-electron chi connectivity index (χ1n) is 11.3. The zero-order valence-corrected chi connectivity index (χ0v) is 19.6. The number of nitrogens with one attached hydrogen (secondary N) is 1. The molecule has 0 fully saturated rings. The summed E-state index contributed by atoms with van der Waals surface area (Å²) in [4.78, 5) is 24.5. The van der Waals surface area contributed by atoms with Crippen LogP contribution < -0.4 is 10.1 Å². The van der Waals surface area contributed by atoms with Gasteiger partial charge < -0.3 is 19.9 Å². The van der Waals surface area contributed by atoms with Crippen LogP contribution >= 0.6 is 0 Å². The molecule has 6 heteroatoms. The van der Waals surface area contributed by atoms with E-state index in [1.54, 1.807) is 12.1 Å². The molecule has 0 spiro atoms. The van der Waals surface area contributed by atoms with Crippen molar-refractivity contribution >= 4 is 12.1 Å². The summed E-state index contributed by atoms with van der Waals surface area (Å²) < 4.78 is 11.5. The fourth-order valence-electron chi connectivity index (χ4n) is 4.30. The van der Waals surface area contributed by atoms with Crippen LogP contribution in [0.2, 0.25) is 0 Å². The van der Waals surface area contributed by atoms with Gasteiger partial charge in [-0.05, 0) is 54.7 Å². The van der Waals surface area contributed by atoms with Crippen molar-refractivity contribution in [2.45, 2.75) is 44.8 Å². The molecular weight excluding hydrogens is 430 g/mol. The molecule has 0 saturated carbocycles. The van der Waals surface area contributed by atoms with E-state index >= 15 is 0 Å². The standard InChI is InChI=1S/C28H29NO5/c1-28(2,3)34-25-15-9-4-10-18(25)16-24(26(30)31)29-27(32)33-17-23-21-13-7-5-11-19(21)20-12-6-8-14-22(20)23/h4-15,23-24H,16-17H2,1-3H3,(H,29,32)(H,30,31)/t24-/m0/s1. The van der Waals surface area contributed by atoms with Gasteiger partial charge in [-0.15, -0.1) is 0 Å². The van der Waals surface area contributed by atoms with Gasteiger partial charge in [0.15, 0.2) is 0 Å². The van der Waals surface area contributed by atoms with Gasteiger partial charge in [-0.1, -0.05) is 66.7 Å². The fraction of sp³-hybridized carbons (Fsp3) is 0.286. The number of ether oxygens (including phenoxy) is 2. The van der Waals surface area contributed by atoms with Crippen LogP contribution in [0.1, 0.15) is 43.4 Å². The minimum atomic E-state index is -1.15. The number of alkyl carbamates (subject to hydrolysis) is 1. The third-order valence-electron chi connectivity index (χ3n) is 5.75. The Balaban J connectivity index is 1.44. The number of carbonyl (C=O) groups is 2. The van der Waals surface area contributed by atoms with Crippen molar-refractivity contribution in [1.29, 1.82) is 0 Å². The first-order chi connectivity index (χ1) is 16.2. The van der Waals surface area contributed by atoms with E-state index in [2.05, 4.69) is 17.4 Å². The first kappa shape index (κ1) is 23.4. The molecule has 3 aromatic carbocycles. The Hall–Kier alpha value is -3.80. The minimum Gasteiger partial charge on any atom is -0.488 e. The highest BCUT2D eigenvalue weighted by molar-refractivity contribution is 5.81. The lowest BCUT2D eigenvalue weighted by atomic mass is 9.98. The van der Waals surface area contributed by atoms with E-state index in [0.717, 1.165) is 22.3 Å². The molecule has 0 bridgehead atoms. The summed E-state index contributed by atoms with van der Waals surface area (Å²) >= 11 is 0. The third-order valence-corrected chi connectivity index (χ3v) is 5.75. The van der Waals surface area contributed by atoms with Gasteiger partial charge in [0.05, 0.1) is 0 Å². The number of hydrogen-bond donors (Lipinski definition) is 2. The Labute approximate surface area is 199 Å². The highest BCUT2D eigenvalue weighted by atomic mass is 16.5. The Morgan fingerprint density at radius 2 is 1.47 bits per heavy atom. The van der Waals surface area contributed by atoms with Gasteiger partial charge >= 0.3 is 12.1 Å². The van der Waals surface area contributed by atoms with Gasteiger partial charge in [0.2, 0.25) is 0 Å². The van der Waals surface area contributed by atoms with Crippen LogP contribution in [0.25, 0.3) is 11.1 Å². The van der Waals surface area contributed by atoms with Crippen molar-refractivity contribution in [2.75, 3.05) is 6.61 Å². The number of hydrogen-bond acceptors (Lipinski definition) is 4. The molecule has 1 amide bonds. The van der Waals surface area contributed by atoms with E-state index in [0.29, 0.717) is 11.3 Å². The molecule has 34 heavy (non-hydrogen) atoms. The number of carboxylic acid groups (broad SMARTS) is 1. The Morgan fingerprint density at radius 1 is 0.912 bits per heavy atom. The maximum Gasteiger partial charge on any atom is 0.407 e. The number of rotatable bonds is 7. The summed E-state index contributed by atoms with van der Waals surface area (Å²) in [5.41, 5.74) is 4.72. The monoisotopic (exact) mass is 459 g/mol. The predicted molar refractivity (Wildman–Crippen MR) is 130 cm³/mol. The number of carboxylic acids is 1. The van der Waals surface area contributed by atoms with Crippen LogP contribution in [0, 0.1) is 0 Å². The second-order valence-electron chi connectivity index (χ2n) is 9.39. The van der Waals surface area contributed by atoms with Crippen LogP contribution in [0.4, 0.5) is 4.79 Å². The summed E-state index contributed by atoms with van der Waals surface area (Å²) in [7, 11) is 0. The lowest BCUT2D eigenvalue weighted by Crippen LogP contribution is -2.43. The molecule has 0 radical (unpaired) electrons. The average Bonchev–Trinajstić information content (AvgIpc) is 3.11. The smallest absolute Gasteiger partial charge is 0.407 e. The molecule has 4 rings (SSSR count). The van der Waals surface area contributed by atoms with Crippen molar-refractivity contribution in [3.63, 3.8) is 0 Å². The summed E-state index contributed by atoms with van der Waals surface area (Å²) in [6, 6.07) is 22.2. The fourth-order valence-corrected chi connectivity index (χ4v) is 4.30. The molecule has 0 saturated heterocycles. The molecule has 1 atom stereocenters. The molecule has 3 aromatic rings. The summed E-state index contributed by atoms with van der Waals surface area (Å²) in [5, 5.41) is 12.2. The maximum atomic E-state index is 12.6. The van der Waals surface area contributed by atoms with Crippen molar-refractivity contribution in [2.24, 2.45) is 0 Å². The average molecular weight is 460 g/mol. The van der Waals surface area contributed by atoms with Crippen LogP contribution in [-0.2, 0) is 16.0 Å². The summed E-state index contributed by atoms with van der Waals surface area (Å²) in [6.45, 7) is 5.89. The molecular formula is C28H29NO5. The van der Waals surface area contributed by atoms with E-state index in [1.165, 1.54) is 0 Å². The van der Waals surface area contributed by atoms with Crippen LogP contribution in [0.5, 0.6) is 5.75 Å². The molecule has 0 heterocycles. The quantitative estimate of drug-likeness (QED) is 0.494. The minimum absolute atomic E-state index is 0.0752. The Kier molecular flexibility index (Phi) is 6.59. The highest BCUT2D eigenvalue weighted by Gasteiger charge is 2.30. The second-order valence-corrected chi connectivity index (χ2v) is 9.39. The number of benzene rings is 3. The lowest BCUT2D eigenvalue weighted by Gasteiger charge is -2.24. The first-order valence-corrected chi connectivity index (χ1v) is 11.3. The van der Waals surface area contributed by atoms with Crippen LogP contribution in [-0.4, -0.2) is 35.4 Å². The zero-order valence-electron chi connectivity index (χ0n) is 19.6. The van der Waals surface area contributed by atoms with E-state index in [-0.39, 0.29) is 18.9 Å². The van der Waals surface area contributed by atoms with E-state index in [9.17, 15) is 14.7 Å². The molecule has 0 aliphatic heterocycles. The van der Waals surface area contributed by atoms with Crippen molar-refractivity contribution in [3.05, 3.63) is 89.5 Å². The summed E-state index contributed by atoms with van der Waals surface area (Å²) in [6.07, 6.45) is -0.685. The van der Waals surface area contributed by atoms with Gasteiger partial charge in [-0.25, -0.2) is 9.59 Å². The molecule has 0 unspecified atom stereocenters. The van der Waals surface area contributed by atoms with Crippen molar-refractivity contribution in [1.82, 2.24) is 5.32 Å². The van der Waals surface area contributed by atoms with E-state index < -0.39 is 23.7 Å². The van der Waals surface area contributed by atoms with Crippen molar-refractivity contribution < 1.29 is 24.2 Å². The number of fused-ring (bicyclic) bond motifs is 3. The Morgan fingerprint density at radius 3 is 2.06 bits per heavy atom. The SMILES string of the molecule is CC(C)(C)Oc1ccccc1C[C@H](NC(=O)OCC1c2ccccc2-c2ccccc21)C(=O)O. The van der Waals surface area contributed by atoms with E-state index in [4.69, 9.17) is 9.47 Å². The van der Waals surface area contributed by atoms with Gasteiger partial charge in [-0.2, -0.15) is 0 Å². The van der Waals surface area contributed by atoms with Gasteiger partial charge in [0.25, 0.3) is 0 Å². The topological polar surface area (TPSA) is 84.9 Å². The maximum absolute atomic E-state index is 12.6. The third kappa shape index (κ3) is 5.22. The predicted octanol–water partition coefficient (Wildman–Crippen LogP) is 5.40. The van der Waals surface area contributed by atoms with E-state index in [1.807, 2.05) is 69.3 Å². The molecule has 2 N–H and O–H groups in total. The van der Waals surface area contributed by atoms with Crippen LogP contribution in [0.15, 0.2) is 72.8 Å². The largest absolute Gasteiger partial charge is 0.488 e. The molecule has 1 aliphatic carbocycles. The molecule has 1 aliphatic rings. The second kappa shape index (κ2) is 9.59. The number of aliphatic carboxylic acids is 1. The molecule has 6 nitrogen and oxygen atoms in total. The number of amides is 1. The lowest BCUT2D eigenvalue weighted by molar-refractivity contribution is -0.139. The van der Waals surface area contributed by atoms with Gasteiger partial charge in [-0.3, -0.25) is 0 Å². The number of carbonyl (C=O) groups excluding carboxylic acids is 1. The zero-order chi connectivity index (χ0) is 24.3. The summed E-state index contributed by atoms with van der Waals surface area (Å²) in [5.74, 6) is -0.642. The van der Waals surface area contributed by atoms with Crippen molar-refractivity contribution in [3.8, 4) is 16.9 Å². The Bertz CT molecular complexity index is 1150. The normalized spacial score (nSPS) is 13.5.